The number of hydrogen-bond donors (Lipinski definition) is 2. The van der Waals surface area contributed by atoms with Crippen LogP contribution in [0.3, 0.4) is 0 Å². The molecule has 3 aromatic rings. The molecule has 0 aromatic heterocycles. The first-order valence-corrected chi connectivity index (χ1v) is 8.98. The Kier molecular flexibility index (Phi) is 4.54. The fourth-order valence-electron chi connectivity index (χ4n) is 2.69. The van der Waals surface area contributed by atoms with Gasteiger partial charge in [-0.25, -0.2) is 4.57 Å². The van der Waals surface area contributed by atoms with E-state index in [1.54, 1.807) is 12.1 Å². The van der Waals surface area contributed by atoms with Crippen molar-refractivity contribution in [2.45, 2.75) is 6.92 Å². The molecule has 3 rings (SSSR count). The summed E-state index contributed by atoms with van der Waals surface area (Å²) in [5.74, 6) is 0.186. The van der Waals surface area contributed by atoms with Crippen molar-refractivity contribution in [3.05, 3.63) is 78.4 Å². The van der Waals surface area contributed by atoms with Gasteiger partial charge in [-0.05, 0) is 23.6 Å². The Morgan fingerprint density at radius 3 is 2.00 bits per heavy atom. The maximum absolute atomic E-state index is 11.5. The molecule has 2 N–H and O–H groups in total. The molecule has 5 heteroatoms. The molecule has 0 radical (unpaired) electrons. The summed E-state index contributed by atoms with van der Waals surface area (Å²) in [7, 11) is -4.70. The Bertz CT molecular complexity index is 900. The lowest BCUT2D eigenvalue weighted by molar-refractivity contribution is 0.284. The molecule has 0 saturated heterocycles. The first-order valence-electron chi connectivity index (χ1n) is 7.45. The van der Waals surface area contributed by atoms with Gasteiger partial charge in [0.1, 0.15) is 5.75 Å². The van der Waals surface area contributed by atoms with Gasteiger partial charge < -0.3 is 4.52 Å². The van der Waals surface area contributed by atoms with Crippen LogP contribution in [0.25, 0.3) is 22.3 Å². The molecular weight excluding hydrogens is 323 g/mol. The first-order chi connectivity index (χ1) is 11.5. The van der Waals surface area contributed by atoms with Crippen LogP contribution in [0.5, 0.6) is 5.75 Å². The maximum Gasteiger partial charge on any atom is 0.524 e. The van der Waals surface area contributed by atoms with E-state index >= 15 is 0 Å². The van der Waals surface area contributed by atoms with E-state index in [0.717, 1.165) is 16.7 Å². The highest BCUT2D eigenvalue weighted by Gasteiger charge is 2.23. The molecule has 0 aliphatic heterocycles. The highest BCUT2D eigenvalue weighted by atomic mass is 31.2. The molecule has 4 nitrogen and oxygen atoms in total. The Morgan fingerprint density at radius 2 is 1.33 bits per heavy atom. The first kappa shape index (κ1) is 16.5. The van der Waals surface area contributed by atoms with Crippen molar-refractivity contribution >= 4 is 7.82 Å². The maximum atomic E-state index is 11.5. The molecule has 0 heterocycles. The molecule has 0 fully saturated rings. The zero-order chi connectivity index (χ0) is 17.2. The second kappa shape index (κ2) is 6.62. The smallest absolute Gasteiger partial charge is 0.403 e. The zero-order valence-corrected chi connectivity index (χ0v) is 14.0. The number of hydrogen-bond acceptors (Lipinski definition) is 2. The lowest BCUT2D eigenvalue weighted by atomic mass is 9.95. The van der Waals surface area contributed by atoms with Crippen molar-refractivity contribution in [2.75, 3.05) is 0 Å². The molecule has 0 unspecified atom stereocenters. The van der Waals surface area contributed by atoms with Gasteiger partial charge in [-0.2, -0.15) is 0 Å². The summed E-state index contributed by atoms with van der Waals surface area (Å²) in [4.78, 5) is 18.7. The fraction of sp³-hybridized carbons (Fsp3) is 0.0526. The lowest BCUT2D eigenvalue weighted by Crippen LogP contribution is -1.96. The summed E-state index contributed by atoms with van der Waals surface area (Å²) in [6, 6.07) is 22.5. The second-order valence-electron chi connectivity index (χ2n) is 5.45. The molecule has 0 bridgehead atoms. The molecule has 0 amide bonds. The van der Waals surface area contributed by atoms with Crippen LogP contribution in [-0.2, 0) is 4.57 Å². The van der Waals surface area contributed by atoms with Gasteiger partial charge in [0, 0.05) is 11.1 Å². The minimum absolute atomic E-state index is 0.186. The lowest BCUT2D eigenvalue weighted by Gasteiger charge is -2.17. The minimum atomic E-state index is -4.70. The van der Waals surface area contributed by atoms with E-state index in [-0.39, 0.29) is 5.75 Å². The van der Waals surface area contributed by atoms with E-state index in [2.05, 4.69) is 0 Å². The van der Waals surface area contributed by atoms with E-state index in [9.17, 15) is 14.4 Å². The van der Waals surface area contributed by atoms with Gasteiger partial charge in [0.05, 0.1) is 0 Å². The Balaban J connectivity index is 2.27. The van der Waals surface area contributed by atoms with E-state index < -0.39 is 7.82 Å². The van der Waals surface area contributed by atoms with E-state index in [1.807, 2.05) is 67.6 Å². The van der Waals surface area contributed by atoms with Crippen LogP contribution < -0.4 is 4.52 Å². The number of phosphoric acid groups is 1. The predicted molar refractivity (Wildman–Crippen MR) is 94.7 cm³/mol. The summed E-state index contributed by atoms with van der Waals surface area (Å²) < 4.78 is 16.6. The Morgan fingerprint density at radius 1 is 0.750 bits per heavy atom. The summed E-state index contributed by atoms with van der Waals surface area (Å²) in [5.41, 5.74) is 3.99. The third-order valence-electron chi connectivity index (χ3n) is 3.75. The van der Waals surface area contributed by atoms with Crippen molar-refractivity contribution in [1.82, 2.24) is 0 Å². The van der Waals surface area contributed by atoms with Gasteiger partial charge in [0.25, 0.3) is 0 Å². The van der Waals surface area contributed by atoms with Gasteiger partial charge in [0.15, 0.2) is 0 Å². The van der Waals surface area contributed by atoms with Gasteiger partial charge in [0.2, 0.25) is 0 Å². The van der Waals surface area contributed by atoms with Crippen molar-refractivity contribution in [1.29, 1.82) is 0 Å². The number of para-hydroxylation sites is 1. The SMILES string of the molecule is Cc1ccccc1-c1cccc(-c2ccccc2)c1OP(=O)(O)O. The average molecular weight is 340 g/mol. The van der Waals surface area contributed by atoms with Gasteiger partial charge >= 0.3 is 7.82 Å². The normalized spacial score (nSPS) is 11.3. The minimum Gasteiger partial charge on any atom is -0.403 e. The standard InChI is InChI=1S/C19H17O4P/c1-14-8-5-6-11-16(14)18-13-7-12-17(15-9-3-2-4-10-15)19(18)23-24(20,21)22/h2-13H,1H3,(H2,20,21,22). The van der Waals surface area contributed by atoms with Crippen LogP contribution in [0, 0.1) is 6.92 Å². The summed E-state index contributed by atoms with van der Waals surface area (Å²) >= 11 is 0. The Hall–Kier alpha value is -2.39. The van der Waals surface area contributed by atoms with Gasteiger partial charge in [-0.1, -0.05) is 72.8 Å². The number of phosphoric ester groups is 1. The monoisotopic (exact) mass is 340 g/mol. The third kappa shape index (κ3) is 3.57. The van der Waals surface area contributed by atoms with Crippen molar-refractivity contribution in [3.8, 4) is 28.0 Å². The molecule has 0 saturated carbocycles. The molecule has 0 atom stereocenters. The fourth-order valence-corrected chi connectivity index (χ4v) is 3.12. The van der Waals surface area contributed by atoms with Crippen molar-refractivity contribution < 1.29 is 18.9 Å². The predicted octanol–water partition coefficient (Wildman–Crippen LogP) is 4.80. The largest absolute Gasteiger partial charge is 0.524 e. The molecule has 0 spiro atoms. The van der Waals surface area contributed by atoms with Gasteiger partial charge in [-0.3, -0.25) is 9.79 Å². The molecule has 0 aliphatic rings. The van der Waals surface area contributed by atoms with Crippen molar-refractivity contribution in [2.24, 2.45) is 0 Å². The number of aryl methyl sites for hydroxylation is 1. The molecule has 122 valence electrons. The topological polar surface area (TPSA) is 66.8 Å². The van der Waals surface area contributed by atoms with E-state index in [1.165, 1.54) is 0 Å². The summed E-state index contributed by atoms with van der Waals surface area (Å²) in [5, 5.41) is 0. The highest BCUT2D eigenvalue weighted by Crippen LogP contribution is 2.47. The number of benzene rings is 3. The van der Waals surface area contributed by atoms with Gasteiger partial charge in [-0.15, -0.1) is 0 Å². The van der Waals surface area contributed by atoms with Crippen LogP contribution in [0.2, 0.25) is 0 Å². The average Bonchev–Trinajstić information content (AvgIpc) is 2.55. The second-order valence-corrected chi connectivity index (χ2v) is 6.61. The van der Waals surface area contributed by atoms with Crippen LogP contribution in [-0.4, -0.2) is 9.79 Å². The molecule has 3 aromatic carbocycles. The summed E-state index contributed by atoms with van der Waals surface area (Å²) in [6.07, 6.45) is 0. The van der Waals surface area contributed by atoms with Crippen LogP contribution in [0.1, 0.15) is 5.56 Å². The third-order valence-corrected chi connectivity index (χ3v) is 4.17. The van der Waals surface area contributed by atoms with Crippen molar-refractivity contribution in [3.63, 3.8) is 0 Å². The van der Waals surface area contributed by atoms with Crippen LogP contribution >= 0.6 is 7.82 Å². The molecule has 24 heavy (non-hydrogen) atoms. The van der Waals surface area contributed by atoms with E-state index in [4.69, 9.17) is 4.52 Å². The van der Waals surface area contributed by atoms with Crippen LogP contribution in [0.15, 0.2) is 72.8 Å². The molecule has 0 aliphatic carbocycles. The van der Waals surface area contributed by atoms with E-state index in [0.29, 0.717) is 11.1 Å². The summed E-state index contributed by atoms with van der Waals surface area (Å²) in [6.45, 7) is 1.95. The quantitative estimate of drug-likeness (QED) is 0.670. The highest BCUT2D eigenvalue weighted by molar-refractivity contribution is 7.46. The van der Waals surface area contributed by atoms with Crippen LogP contribution in [0.4, 0.5) is 0 Å². The number of rotatable bonds is 4. The molecular formula is C19H17O4P. The Labute approximate surface area is 140 Å². The zero-order valence-electron chi connectivity index (χ0n) is 13.1.